The fraction of sp³-hybridized carbons (Fsp3) is 0.900. The Labute approximate surface area is 175 Å². The van der Waals surface area contributed by atoms with Crippen LogP contribution in [0.2, 0.25) is 0 Å². The van der Waals surface area contributed by atoms with Crippen molar-refractivity contribution in [1.82, 2.24) is 5.32 Å². The van der Waals surface area contributed by atoms with Gasteiger partial charge in [-0.25, -0.2) is 0 Å². The summed E-state index contributed by atoms with van der Waals surface area (Å²) in [7, 11) is 0. The first-order valence-corrected chi connectivity index (χ1v) is 10.3. The van der Waals surface area contributed by atoms with E-state index in [1.165, 1.54) is 6.92 Å². The summed E-state index contributed by atoms with van der Waals surface area (Å²) in [5.74, 6) is 0.0675. The number of rotatable bonds is 21. The van der Waals surface area contributed by atoms with Gasteiger partial charge in [0.1, 0.15) is 5.78 Å². The highest BCUT2D eigenvalue weighted by Crippen LogP contribution is 1.86. The maximum absolute atomic E-state index is 10.7. The minimum atomic E-state index is -0.0597. The molecule has 0 fully saturated rings. The van der Waals surface area contributed by atoms with Crippen LogP contribution in [0.15, 0.2) is 0 Å². The lowest BCUT2D eigenvalue weighted by atomic mass is 10.3. The second kappa shape index (κ2) is 26.9. The van der Waals surface area contributed by atoms with Gasteiger partial charge in [0.05, 0.1) is 79.3 Å². The monoisotopic (exact) mass is 423 g/mol. The van der Waals surface area contributed by atoms with E-state index >= 15 is 0 Å². The van der Waals surface area contributed by atoms with E-state index in [0.29, 0.717) is 92.2 Å². The van der Waals surface area contributed by atoms with E-state index in [9.17, 15) is 9.59 Å². The molecule has 0 heterocycles. The van der Waals surface area contributed by atoms with Crippen LogP contribution in [0.5, 0.6) is 0 Å². The number of carbonyl (C=O) groups excluding carboxylic acids is 2. The Hall–Kier alpha value is -1.10. The lowest BCUT2D eigenvalue weighted by molar-refractivity contribution is -0.119. The summed E-state index contributed by atoms with van der Waals surface area (Å²) in [6, 6.07) is 0. The van der Waals surface area contributed by atoms with Crippen LogP contribution >= 0.6 is 0 Å². The number of hydrogen-bond acceptors (Lipinski definition) is 8. The summed E-state index contributed by atoms with van der Waals surface area (Å²) in [6.45, 7) is 13.4. The molecule has 1 N–H and O–H groups in total. The van der Waals surface area contributed by atoms with Crippen molar-refractivity contribution in [2.45, 2.75) is 34.1 Å². The quantitative estimate of drug-likeness (QED) is 0.275. The SMILES string of the molecule is CC.CC(=O)CCOCCOCCOCCOCCOCCOCCNC(C)=O. The van der Waals surface area contributed by atoms with E-state index < -0.39 is 0 Å². The molecule has 1 amide bonds. The number of carbonyl (C=O) groups is 2. The predicted octanol–water partition coefficient (Wildman–Crippen LogP) is 1.23. The van der Waals surface area contributed by atoms with Gasteiger partial charge in [-0.05, 0) is 6.92 Å². The highest BCUT2D eigenvalue weighted by molar-refractivity contribution is 5.75. The van der Waals surface area contributed by atoms with Crippen molar-refractivity contribution in [3.63, 3.8) is 0 Å². The minimum absolute atomic E-state index is 0.0597. The van der Waals surface area contributed by atoms with Crippen LogP contribution in [0.3, 0.4) is 0 Å². The summed E-state index contributed by atoms with van der Waals surface area (Å²) in [5, 5.41) is 2.65. The summed E-state index contributed by atoms with van der Waals surface area (Å²) in [5.41, 5.74) is 0. The zero-order valence-electron chi connectivity index (χ0n) is 18.7. The van der Waals surface area contributed by atoms with E-state index in [1.807, 2.05) is 13.8 Å². The average molecular weight is 424 g/mol. The van der Waals surface area contributed by atoms with Crippen LogP contribution in [-0.2, 0) is 38.0 Å². The number of amides is 1. The van der Waals surface area contributed by atoms with Crippen molar-refractivity contribution in [3.8, 4) is 0 Å². The van der Waals surface area contributed by atoms with Crippen molar-refractivity contribution in [1.29, 1.82) is 0 Å². The molecule has 0 aromatic heterocycles. The Kier molecular flexibility index (Phi) is 27.9. The molecule has 0 unspecified atom stereocenters. The van der Waals surface area contributed by atoms with Crippen molar-refractivity contribution >= 4 is 11.7 Å². The molecule has 0 saturated carbocycles. The van der Waals surface area contributed by atoms with Crippen LogP contribution in [-0.4, -0.2) is 97.5 Å². The standard InChI is InChI=1S/C18H35NO8.C2H6/c1-17(20)3-5-22-7-9-24-11-13-26-15-16-27-14-12-25-10-8-23-6-4-19-18(2)21;1-2/h3-16H2,1-2H3,(H,19,21);1-2H3. The summed E-state index contributed by atoms with van der Waals surface area (Å²) < 4.78 is 31.9. The molecule has 9 heteroatoms. The van der Waals surface area contributed by atoms with E-state index in [0.717, 1.165) is 0 Å². The van der Waals surface area contributed by atoms with Crippen LogP contribution in [0.1, 0.15) is 34.1 Å². The Balaban J connectivity index is 0. The second-order valence-electron chi connectivity index (χ2n) is 5.61. The van der Waals surface area contributed by atoms with Gasteiger partial charge in [-0.2, -0.15) is 0 Å². The van der Waals surface area contributed by atoms with Crippen LogP contribution in [0, 0.1) is 0 Å². The largest absolute Gasteiger partial charge is 0.379 e. The first-order valence-electron chi connectivity index (χ1n) is 10.3. The van der Waals surface area contributed by atoms with E-state index in [2.05, 4.69) is 5.32 Å². The molecule has 0 saturated heterocycles. The maximum atomic E-state index is 10.7. The first kappa shape index (κ1) is 30.1. The third kappa shape index (κ3) is 31.8. The molecule has 0 radical (unpaired) electrons. The number of nitrogens with one attached hydrogen (secondary N) is 1. The van der Waals surface area contributed by atoms with Crippen molar-refractivity contribution in [3.05, 3.63) is 0 Å². The molecule has 0 spiro atoms. The molecule has 0 aromatic carbocycles. The van der Waals surface area contributed by atoms with Gasteiger partial charge >= 0.3 is 0 Å². The molecule has 0 bridgehead atoms. The van der Waals surface area contributed by atoms with Crippen LogP contribution in [0.4, 0.5) is 0 Å². The molecule has 29 heavy (non-hydrogen) atoms. The molecule has 0 aliphatic carbocycles. The molecule has 174 valence electrons. The highest BCUT2D eigenvalue weighted by atomic mass is 16.6. The van der Waals surface area contributed by atoms with Crippen LogP contribution < -0.4 is 5.32 Å². The van der Waals surface area contributed by atoms with E-state index in [4.69, 9.17) is 28.4 Å². The predicted molar refractivity (Wildman–Crippen MR) is 110 cm³/mol. The lowest BCUT2D eigenvalue weighted by Crippen LogP contribution is -2.25. The smallest absolute Gasteiger partial charge is 0.216 e. The number of ketones is 1. The molecule has 0 aliphatic heterocycles. The Morgan fingerprint density at radius 3 is 1.17 bits per heavy atom. The molecular weight excluding hydrogens is 382 g/mol. The summed E-state index contributed by atoms with van der Waals surface area (Å²) >= 11 is 0. The summed E-state index contributed by atoms with van der Waals surface area (Å²) in [4.78, 5) is 21.3. The summed E-state index contributed by atoms with van der Waals surface area (Å²) in [6.07, 6.45) is 0.446. The van der Waals surface area contributed by atoms with Gasteiger partial charge < -0.3 is 33.7 Å². The Bertz CT molecular complexity index is 323. The normalized spacial score (nSPS) is 10.3. The Morgan fingerprint density at radius 1 is 0.552 bits per heavy atom. The van der Waals surface area contributed by atoms with E-state index in [-0.39, 0.29) is 11.7 Å². The van der Waals surface area contributed by atoms with Crippen molar-refractivity contribution in [2.75, 3.05) is 85.8 Å². The van der Waals surface area contributed by atoms with E-state index in [1.54, 1.807) is 6.92 Å². The number of ether oxygens (including phenoxy) is 6. The second-order valence-corrected chi connectivity index (χ2v) is 5.61. The topological polar surface area (TPSA) is 102 Å². The van der Waals surface area contributed by atoms with Gasteiger partial charge in [0.25, 0.3) is 0 Å². The maximum Gasteiger partial charge on any atom is 0.216 e. The third-order valence-electron chi connectivity index (χ3n) is 3.08. The fourth-order valence-corrected chi connectivity index (χ4v) is 1.72. The average Bonchev–Trinajstić information content (AvgIpc) is 2.70. The minimum Gasteiger partial charge on any atom is -0.379 e. The molecular formula is C20H41NO8. The van der Waals surface area contributed by atoms with Gasteiger partial charge in [-0.1, -0.05) is 13.8 Å². The zero-order valence-corrected chi connectivity index (χ0v) is 18.7. The molecule has 0 rings (SSSR count). The fourth-order valence-electron chi connectivity index (χ4n) is 1.72. The van der Waals surface area contributed by atoms with Gasteiger partial charge in [-0.3, -0.25) is 9.59 Å². The molecule has 0 atom stereocenters. The number of hydrogen-bond donors (Lipinski definition) is 1. The van der Waals surface area contributed by atoms with Gasteiger partial charge in [-0.15, -0.1) is 0 Å². The molecule has 9 nitrogen and oxygen atoms in total. The third-order valence-corrected chi connectivity index (χ3v) is 3.08. The van der Waals surface area contributed by atoms with Crippen LogP contribution in [0.25, 0.3) is 0 Å². The zero-order chi connectivity index (χ0) is 22.0. The van der Waals surface area contributed by atoms with Crippen molar-refractivity contribution in [2.24, 2.45) is 0 Å². The van der Waals surface area contributed by atoms with Gasteiger partial charge in [0.15, 0.2) is 0 Å². The first-order chi connectivity index (χ1) is 14.1. The molecule has 0 aliphatic rings. The Morgan fingerprint density at radius 2 is 0.862 bits per heavy atom. The highest BCUT2D eigenvalue weighted by Gasteiger charge is 1.95. The number of Topliss-reactive ketones (excluding diaryl/α,β-unsaturated/α-hetero) is 1. The lowest BCUT2D eigenvalue weighted by Gasteiger charge is -2.08. The van der Waals surface area contributed by atoms with Crippen molar-refractivity contribution < 1.29 is 38.0 Å². The van der Waals surface area contributed by atoms with Gasteiger partial charge in [0.2, 0.25) is 5.91 Å². The van der Waals surface area contributed by atoms with Gasteiger partial charge in [0, 0.05) is 19.9 Å². The molecule has 0 aromatic rings.